The molecule has 2 fully saturated rings. The van der Waals surface area contributed by atoms with Gasteiger partial charge in [0.05, 0.1) is 11.5 Å². The number of halogens is 2. The van der Waals surface area contributed by atoms with Gasteiger partial charge in [0, 0.05) is 20.3 Å². The molecule has 0 bridgehead atoms. The van der Waals surface area contributed by atoms with Gasteiger partial charge in [0.25, 0.3) is 0 Å². The van der Waals surface area contributed by atoms with Gasteiger partial charge in [-0.1, -0.05) is 56.1 Å². The highest BCUT2D eigenvalue weighted by molar-refractivity contribution is 9.10. The van der Waals surface area contributed by atoms with Crippen LogP contribution in [-0.4, -0.2) is 23.3 Å². The molecule has 0 aliphatic carbocycles. The number of thioether (sulfide) groups is 2. The highest BCUT2D eigenvalue weighted by atomic mass is 79.9. The van der Waals surface area contributed by atoms with E-state index in [0.29, 0.717) is 11.5 Å². The predicted molar refractivity (Wildman–Crippen MR) is 150 cm³/mol. The smallest absolute Gasteiger partial charge is 0.238 e. The molecule has 3 aromatic carbocycles. The van der Waals surface area contributed by atoms with Gasteiger partial charge in [0.1, 0.15) is 10.7 Å². The van der Waals surface area contributed by atoms with Gasteiger partial charge in [0.15, 0.2) is 0 Å². The maximum atomic E-state index is 12.8. The minimum atomic E-state index is -0.0646. The lowest BCUT2D eigenvalue weighted by Crippen LogP contribution is -2.28. The van der Waals surface area contributed by atoms with E-state index in [1.54, 1.807) is 23.5 Å². The average molecular weight is 618 g/mol. The van der Waals surface area contributed by atoms with E-state index in [2.05, 4.69) is 56.1 Å². The second kappa shape index (κ2) is 9.72. The number of benzene rings is 3. The number of amides is 2. The SMILES string of the molecule is Cc1cc(N2C(=O)CSC2c2ccc(C3SCC(=O)N3c3ccc(Br)c(C)c3)cc2)ccc1Br. The van der Waals surface area contributed by atoms with Crippen molar-refractivity contribution in [3.63, 3.8) is 0 Å². The van der Waals surface area contributed by atoms with Crippen molar-refractivity contribution in [3.05, 3.63) is 91.9 Å². The van der Waals surface area contributed by atoms with Crippen LogP contribution in [0.3, 0.4) is 0 Å². The molecule has 0 aromatic heterocycles. The Labute approximate surface area is 224 Å². The third-order valence-electron chi connectivity index (χ3n) is 6.08. The highest BCUT2D eigenvalue weighted by Crippen LogP contribution is 2.45. The number of aryl methyl sites for hydroxylation is 2. The van der Waals surface area contributed by atoms with Crippen LogP contribution in [0.2, 0.25) is 0 Å². The van der Waals surface area contributed by atoms with E-state index in [1.807, 2.05) is 60.0 Å². The van der Waals surface area contributed by atoms with Gasteiger partial charge in [-0.15, -0.1) is 23.5 Å². The summed E-state index contributed by atoms with van der Waals surface area (Å²) in [7, 11) is 0. The summed E-state index contributed by atoms with van der Waals surface area (Å²) in [5.41, 5.74) is 6.20. The minimum absolute atomic E-state index is 0.0646. The molecule has 2 aliphatic rings. The van der Waals surface area contributed by atoms with Crippen molar-refractivity contribution >= 4 is 78.6 Å². The first kappa shape index (κ1) is 24.0. The van der Waals surface area contributed by atoms with Crippen molar-refractivity contribution in [1.82, 2.24) is 0 Å². The largest absolute Gasteiger partial charge is 0.295 e. The molecule has 3 aromatic rings. The molecule has 2 atom stereocenters. The van der Waals surface area contributed by atoms with Crippen molar-refractivity contribution in [2.45, 2.75) is 24.6 Å². The summed E-state index contributed by atoms with van der Waals surface area (Å²) < 4.78 is 2.07. The second-order valence-electron chi connectivity index (χ2n) is 8.39. The molecular weight excluding hydrogens is 596 g/mol. The van der Waals surface area contributed by atoms with Crippen molar-refractivity contribution in [2.75, 3.05) is 21.3 Å². The maximum Gasteiger partial charge on any atom is 0.238 e. The normalized spacial score (nSPS) is 20.5. The quantitative estimate of drug-likeness (QED) is 0.306. The number of nitrogens with zero attached hydrogens (tertiary/aromatic N) is 2. The van der Waals surface area contributed by atoms with Crippen LogP contribution in [-0.2, 0) is 9.59 Å². The van der Waals surface area contributed by atoms with E-state index in [1.165, 1.54) is 0 Å². The van der Waals surface area contributed by atoms with Gasteiger partial charge in [-0.3, -0.25) is 19.4 Å². The van der Waals surface area contributed by atoms with E-state index >= 15 is 0 Å². The van der Waals surface area contributed by atoms with Crippen LogP contribution in [0.4, 0.5) is 11.4 Å². The van der Waals surface area contributed by atoms with Crippen LogP contribution in [0.25, 0.3) is 0 Å². The first-order valence-corrected chi connectivity index (χ1v) is 14.5. The molecule has 2 aliphatic heterocycles. The van der Waals surface area contributed by atoms with E-state index < -0.39 is 0 Å². The van der Waals surface area contributed by atoms with Crippen LogP contribution >= 0.6 is 55.4 Å². The van der Waals surface area contributed by atoms with Crippen molar-refractivity contribution < 1.29 is 9.59 Å². The predicted octanol–water partition coefficient (Wildman–Crippen LogP) is 7.39. The molecule has 0 N–H and O–H groups in total. The number of anilines is 2. The summed E-state index contributed by atoms with van der Waals surface area (Å²) in [5, 5.41) is -0.129. The zero-order valence-electron chi connectivity index (χ0n) is 18.6. The molecule has 34 heavy (non-hydrogen) atoms. The van der Waals surface area contributed by atoms with Crippen LogP contribution in [0.15, 0.2) is 69.6 Å². The monoisotopic (exact) mass is 616 g/mol. The van der Waals surface area contributed by atoms with Crippen molar-refractivity contribution in [3.8, 4) is 0 Å². The van der Waals surface area contributed by atoms with Crippen LogP contribution in [0.5, 0.6) is 0 Å². The Hall–Kier alpha value is -1.74. The molecule has 2 heterocycles. The van der Waals surface area contributed by atoms with Gasteiger partial charge >= 0.3 is 0 Å². The molecule has 0 spiro atoms. The fourth-order valence-electron chi connectivity index (χ4n) is 4.28. The van der Waals surface area contributed by atoms with Crippen molar-refractivity contribution in [1.29, 1.82) is 0 Å². The average Bonchev–Trinajstić information content (AvgIpc) is 3.40. The maximum absolute atomic E-state index is 12.8. The zero-order chi connectivity index (χ0) is 24.0. The van der Waals surface area contributed by atoms with Gasteiger partial charge in [-0.05, 0) is 72.5 Å². The minimum Gasteiger partial charge on any atom is -0.295 e. The third-order valence-corrected chi connectivity index (χ3v) is 10.3. The Kier molecular flexibility index (Phi) is 6.86. The lowest BCUT2D eigenvalue weighted by atomic mass is 10.1. The molecular formula is C26H22Br2N2O2S2. The molecule has 2 unspecified atom stereocenters. The summed E-state index contributed by atoms with van der Waals surface area (Å²) in [6.45, 7) is 4.06. The fraction of sp³-hybridized carbons (Fsp3) is 0.231. The molecule has 2 amide bonds. The Morgan fingerprint density at radius 3 is 1.41 bits per heavy atom. The topological polar surface area (TPSA) is 40.6 Å². The van der Waals surface area contributed by atoms with E-state index in [0.717, 1.165) is 42.6 Å². The van der Waals surface area contributed by atoms with E-state index in [4.69, 9.17) is 0 Å². The first-order valence-electron chi connectivity index (χ1n) is 10.8. The van der Waals surface area contributed by atoms with Gasteiger partial charge < -0.3 is 0 Å². The third kappa shape index (κ3) is 4.45. The summed E-state index contributed by atoms with van der Waals surface area (Å²) in [5.74, 6) is 1.17. The molecule has 5 rings (SSSR count). The zero-order valence-corrected chi connectivity index (χ0v) is 23.4. The summed E-state index contributed by atoms with van der Waals surface area (Å²) in [6, 6.07) is 20.4. The Morgan fingerprint density at radius 2 is 1.06 bits per heavy atom. The highest BCUT2D eigenvalue weighted by Gasteiger charge is 2.36. The number of rotatable bonds is 4. The Balaban J connectivity index is 1.42. The van der Waals surface area contributed by atoms with E-state index in [9.17, 15) is 9.59 Å². The van der Waals surface area contributed by atoms with Gasteiger partial charge in [-0.2, -0.15) is 0 Å². The Bertz CT molecular complexity index is 1180. The molecule has 2 saturated heterocycles. The molecule has 0 saturated carbocycles. The molecule has 8 heteroatoms. The van der Waals surface area contributed by atoms with Crippen LogP contribution in [0, 0.1) is 13.8 Å². The fourth-order valence-corrected chi connectivity index (χ4v) is 7.13. The second-order valence-corrected chi connectivity index (χ2v) is 12.2. The first-order chi connectivity index (χ1) is 16.3. The number of carbonyl (C=O) groups is 2. The number of hydrogen-bond acceptors (Lipinski definition) is 4. The van der Waals surface area contributed by atoms with E-state index in [-0.39, 0.29) is 22.6 Å². The summed E-state index contributed by atoms with van der Waals surface area (Å²) in [4.78, 5) is 29.3. The van der Waals surface area contributed by atoms with Crippen LogP contribution in [0.1, 0.15) is 33.0 Å². The molecule has 174 valence electrons. The summed E-state index contributed by atoms with van der Waals surface area (Å²) >= 11 is 10.4. The van der Waals surface area contributed by atoms with Gasteiger partial charge in [-0.25, -0.2) is 0 Å². The lowest BCUT2D eigenvalue weighted by Gasteiger charge is -2.27. The number of carbonyl (C=O) groups excluding carboxylic acids is 2. The Morgan fingerprint density at radius 1 is 0.676 bits per heavy atom. The molecule has 4 nitrogen and oxygen atoms in total. The standard InChI is InChI=1S/C26H22Br2N2O2S2/c1-15-11-19(7-9-21(15)27)29-23(31)13-33-25(29)17-3-5-18(6-4-17)26-30(24(32)14-34-26)20-8-10-22(28)16(2)12-20/h3-12,25-26H,13-14H2,1-2H3. The summed E-state index contributed by atoms with van der Waals surface area (Å²) in [6.07, 6.45) is 0. The molecule has 0 radical (unpaired) electrons. The van der Waals surface area contributed by atoms with Gasteiger partial charge in [0.2, 0.25) is 11.8 Å². The van der Waals surface area contributed by atoms with Crippen molar-refractivity contribution in [2.24, 2.45) is 0 Å². The lowest BCUT2D eigenvalue weighted by molar-refractivity contribution is -0.116. The number of hydrogen-bond donors (Lipinski definition) is 0. The van der Waals surface area contributed by atoms with Crippen LogP contribution < -0.4 is 9.80 Å².